The summed E-state index contributed by atoms with van der Waals surface area (Å²) >= 11 is 0. The summed E-state index contributed by atoms with van der Waals surface area (Å²) < 4.78 is 11.2. The molecule has 10 nitrogen and oxygen atoms in total. The van der Waals surface area contributed by atoms with Gasteiger partial charge in [0.15, 0.2) is 0 Å². The normalized spacial score (nSPS) is 10.5. The molecule has 226 valence electrons. The molecule has 0 spiro atoms. The minimum atomic E-state index is -0.587. The van der Waals surface area contributed by atoms with Crippen LogP contribution < -0.4 is 19.6 Å². The van der Waals surface area contributed by atoms with Crippen molar-refractivity contribution in [3.8, 4) is 11.5 Å². The molecule has 4 rings (SSSR count). The third kappa shape index (κ3) is 9.09. The van der Waals surface area contributed by atoms with E-state index in [0.717, 1.165) is 0 Å². The van der Waals surface area contributed by atoms with Gasteiger partial charge >= 0.3 is 0 Å². The van der Waals surface area contributed by atoms with Crippen LogP contribution >= 0.6 is 0 Å². The van der Waals surface area contributed by atoms with Crippen LogP contribution in [0.15, 0.2) is 109 Å². The molecule has 0 aromatic heterocycles. The molecule has 0 atom stereocenters. The fourth-order valence-corrected chi connectivity index (χ4v) is 4.10. The number of hydrogen-bond donors (Lipinski definition) is 2. The summed E-state index contributed by atoms with van der Waals surface area (Å²) in [7, 11) is 0. The van der Waals surface area contributed by atoms with Gasteiger partial charge in [-0.3, -0.25) is 29.6 Å². The van der Waals surface area contributed by atoms with Crippen LogP contribution in [-0.4, -0.2) is 47.0 Å². The van der Waals surface area contributed by atoms with Gasteiger partial charge in [0.2, 0.25) is 0 Å². The number of nitrogens with zero attached hydrogens (tertiary/aromatic N) is 2. The van der Waals surface area contributed by atoms with E-state index < -0.39 is 11.8 Å². The fraction of sp³-hybridized carbons (Fsp3) is 0.176. The van der Waals surface area contributed by atoms with Gasteiger partial charge in [-0.1, -0.05) is 36.4 Å². The van der Waals surface area contributed by atoms with E-state index in [1.54, 1.807) is 84.9 Å². The van der Waals surface area contributed by atoms with E-state index in [2.05, 4.69) is 0 Å². The number of rotatable bonds is 15. The van der Waals surface area contributed by atoms with Crippen molar-refractivity contribution in [2.75, 3.05) is 23.3 Å². The Hall–Kier alpha value is -5.32. The summed E-state index contributed by atoms with van der Waals surface area (Å²) in [6, 6.07) is 29.3. The first-order valence-electron chi connectivity index (χ1n) is 14.0. The molecule has 0 saturated carbocycles. The first kappa shape index (κ1) is 31.6. The maximum atomic E-state index is 12.5. The number of para-hydroxylation sites is 2. The van der Waals surface area contributed by atoms with Crippen molar-refractivity contribution in [3.63, 3.8) is 0 Å². The molecule has 0 saturated heterocycles. The molecule has 0 radical (unpaired) electrons. The van der Waals surface area contributed by atoms with Gasteiger partial charge in [-0.25, -0.2) is 0 Å². The largest absolute Gasteiger partial charge is 0.493 e. The highest BCUT2D eigenvalue weighted by molar-refractivity contribution is 6.05. The van der Waals surface area contributed by atoms with E-state index in [0.29, 0.717) is 33.0 Å². The Morgan fingerprint density at radius 2 is 0.818 bits per heavy atom. The number of ether oxygens (including phenoxy) is 2. The van der Waals surface area contributed by atoms with E-state index in [1.807, 2.05) is 0 Å². The second kappa shape index (κ2) is 15.8. The van der Waals surface area contributed by atoms with Crippen molar-refractivity contribution in [2.24, 2.45) is 0 Å². The summed E-state index contributed by atoms with van der Waals surface area (Å²) in [5.41, 5.74) is 1.24. The van der Waals surface area contributed by atoms with Gasteiger partial charge in [-0.05, 0) is 72.8 Å². The zero-order chi connectivity index (χ0) is 31.3. The number of benzene rings is 4. The number of hydroxylamine groups is 2. The zero-order valence-electron chi connectivity index (χ0n) is 23.9. The lowest BCUT2D eigenvalue weighted by molar-refractivity contribution is -0.124. The Morgan fingerprint density at radius 1 is 0.477 bits per heavy atom. The standard InChI is InChI=1S/C34H32N2O8/c37-29(21-23-43-31-17-11-25(12-18-31)33(39)35(41)27-7-3-1-4-8-27)15-16-30(38)22-24-44-32-19-13-26(14-20-32)34(40)36(42)28-9-5-2-6-10-28/h1-14,17-20,41-42H,15-16,21-24H2. The molecule has 44 heavy (non-hydrogen) atoms. The summed E-state index contributed by atoms with van der Waals surface area (Å²) in [4.78, 5) is 49.4. The third-order valence-electron chi connectivity index (χ3n) is 6.57. The average molecular weight is 597 g/mol. The summed E-state index contributed by atoms with van der Waals surface area (Å²) in [5.74, 6) is -0.466. The van der Waals surface area contributed by atoms with Crippen molar-refractivity contribution in [1.29, 1.82) is 0 Å². The highest BCUT2D eigenvalue weighted by Gasteiger charge is 2.17. The monoisotopic (exact) mass is 596 g/mol. The molecule has 4 aromatic carbocycles. The lowest BCUT2D eigenvalue weighted by atomic mass is 10.1. The minimum absolute atomic E-state index is 0.0946. The van der Waals surface area contributed by atoms with Crippen LogP contribution in [0.2, 0.25) is 0 Å². The topological polar surface area (TPSA) is 134 Å². The van der Waals surface area contributed by atoms with Crippen LogP contribution in [0.25, 0.3) is 0 Å². The van der Waals surface area contributed by atoms with Gasteiger partial charge in [0, 0.05) is 36.8 Å². The van der Waals surface area contributed by atoms with Crippen LogP contribution in [0, 0.1) is 0 Å². The highest BCUT2D eigenvalue weighted by atomic mass is 16.5. The molecule has 4 aromatic rings. The predicted molar refractivity (Wildman–Crippen MR) is 162 cm³/mol. The van der Waals surface area contributed by atoms with E-state index in [-0.39, 0.29) is 61.6 Å². The number of carbonyl (C=O) groups excluding carboxylic acids is 4. The minimum Gasteiger partial charge on any atom is -0.493 e. The lowest BCUT2D eigenvalue weighted by Gasteiger charge is -2.15. The number of Topliss-reactive ketones (excluding diaryl/α,β-unsaturated/α-hetero) is 2. The smallest absolute Gasteiger partial charge is 0.281 e. The van der Waals surface area contributed by atoms with Gasteiger partial charge in [0.25, 0.3) is 11.8 Å². The molecular formula is C34H32N2O8. The summed E-state index contributed by atoms with van der Waals surface area (Å²) in [5, 5.41) is 21.4. The SMILES string of the molecule is O=C(CCOc1ccc(C(=O)N(O)c2ccccc2)cc1)CCC(=O)CCOc1ccc(C(=O)N(O)c2ccccc2)cc1. The molecule has 0 fully saturated rings. The number of amides is 2. The Balaban J connectivity index is 1.10. The van der Waals surface area contributed by atoms with Crippen LogP contribution in [0.5, 0.6) is 11.5 Å². The van der Waals surface area contributed by atoms with Gasteiger partial charge < -0.3 is 9.47 Å². The van der Waals surface area contributed by atoms with E-state index in [1.165, 1.54) is 24.3 Å². The van der Waals surface area contributed by atoms with Crippen molar-refractivity contribution in [1.82, 2.24) is 0 Å². The molecule has 2 amide bonds. The van der Waals surface area contributed by atoms with Crippen LogP contribution in [0.1, 0.15) is 46.4 Å². The molecule has 0 aliphatic carbocycles. The van der Waals surface area contributed by atoms with Crippen molar-refractivity contribution in [2.45, 2.75) is 25.7 Å². The first-order valence-corrected chi connectivity index (χ1v) is 14.0. The Bertz CT molecular complexity index is 1420. The van der Waals surface area contributed by atoms with Gasteiger partial charge in [-0.2, -0.15) is 10.1 Å². The van der Waals surface area contributed by atoms with Gasteiger partial charge in [-0.15, -0.1) is 0 Å². The second-order valence-corrected chi connectivity index (χ2v) is 9.73. The molecule has 0 bridgehead atoms. The van der Waals surface area contributed by atoms with E-state index >= 15 is 0 Å². The molecular weight excluding hydrogens is 564 g/mol. The van der Waals surface area contributed by atoms with Crippen molar-refractivity contribution in [3.05, 3.63) is 120 Å². The maximum absolute atomic E-state index is 12.5. The summed E-state index contributed by atoms with van der Waals surface area (Å²) in [6.07, 6.45) is 0.446. The highest BCUT2D eigenvalue weighted by Crippen LogP contribution is 2.19. The summed E-state index contributed by atoms with van der Waals surface area (Å²) in [6.45, 7) is 0.245. The molecule has 2 N–H and O–H groups in total. The molecule has 10 heteroatoms. The Kier molecular flexibility index (Phi) is 11.3. The van der Waals surface area contributed by atoms with Crippen LogP contribution in [0.3, 0.4) is 0 Å². The quantitative estimate of drug-likeness (QED) is 0.128. The van der Waals surface area contributed by atoms with Gasteiger partial charge in [0.1, 0.15) is 23.1 Å². The lowest BCUT2D eigenvalue weighted by Crippen LogP contribution is -2.26. The Labute approximate surface area is 254 Å². The number of anilines is 2. The predicted octanol–water partition coefficient (Wildman–Crippen LogP) is 5.92. The molecule has 0 aliphatic heterocycles. The molecule has 0 heterocycles. The van der Waals surface area contributed by atoms with Crippen LogP contribution in [0.4, 0.5) is 11.4 Å². The number of ketones is 2. The fourth-order valence-electron chi connectivity index (χ4n) is 4.10. The molecule has 0 unspecified atom stereocenters. The third-order valence-corrected chi connectivity index (χ3v) is 6.57. The average Bonchev–Trinajstić information content (AvgIpc) is 3.07. The first-order chi connectivity index (χ1) is 21.3. The van der Waals surface area contributed by atoms with E-state index in [4.69, 9.17) is 9.47 Å². The van der Waals surface area contributed by atoms with Crippen molar-refractivity contribution >= 4 is 34.8 Å². The van der Waals surface area contributed by atoms with E-state index in [9.17, 15) is 29.6 Å². The maximum Gasteiger partial charge on any atom is 0.281 e. The Morgan fingerprint density at radius 3 is 1.16 bits per heavy atom. The van der Waals surface area contributed by atoms with Crippen molar-refractivity contribution < 1.29 is 39.1 Å². The zero-order valence-corrected chi connectivity index (χ0v) is 23.9. The molecule has 0 aliphatic rings. The number of hydrogen-bond acceptors (Lipinski definition) is 8. The number of carbonyl (C=O) groups is 4. The second-order valence-electron chi connectivity index (χ2n) is 9.73. The van der Waals surface area contributed by atoms with Gasteiger partial charge in [0.05, 0.1) is 24.6 Å². The van der Waals surface area contributed by atoms with Crippen LogP contribution in [-0.2, 0) is 9.59 Å².